The molecule has 0 spiro atoms. The minimum Gasteiger partial charge on any atom is -0.310 e. The number of rotatable bonds is 3. The third-order valence-corrected chi connectivity index (χ3v) is 11.4. The summed E-state index contributed by atoms with van der Waals surface area (Å²) in [6.45, 7) is 16.4. The van der Waals surface area contributed by atoms with Gasteiger partial charge in [0.2, 0.25) is 0 Å². The van der Waals surface area contributed by atoms with Crippen LogP contribution in [0.1, 0.15) is 66.6 Å². The monoisotopic (exact) mass is 619 g/mol. The van der Waals surface area contributed by atoms with Gasteiger partial charge in [0.05, 0.1) is 5.69 Å². The van der Waals surface area contributed by atoms with E-state index in [1.165, 1.54) is 99.8 Å². The van der Waals surface area contributed by atoms with Gasteiger partial charge >= 0.3 is 0 Å². The van der Waals surface area contributed by atoms with Crippen LogP contribution in [-0.2, 0) is 10.8 Å². The van der Waals surface area contributed by atoms with Crippen molar-refractivity contribution >= 4 is 38.6 Å². The predicted octanol–water partition coefficient (Wildman–Crippen LogP) is 13.0. The zero-order valence-corrected chi connectivity index (χ0v) is 29.0. The molecule has 1 heteroatoms. The van der Waals surface area contributed by atoms with E-state index in [0.717, 1.165) is 0 Å². The maximum absolute atomic E-state index is 2.51. The molecule has 7 aromatic carbocycles. The van der Waals surface area contributed by atoms with Crippen LogP contribution >= 0.6 is 0 Å². The first-order chi connectivity index (χ1) is 23.1. The van der Waals surface area contributed by atoms with E-state index in [-0.39, 0.29) is 10.8 Å². The van der Waals surface area contributed by atoms with Crippen molar-refractivity contribution in [2.45, 2.75) is 59.3 Å². The van der Waals surface area contributed by atoms with Gasteiger partial charge in [-0.1, -0.05) is 130 Å². The molecule has 0 aromatic heterocycles. The predicted molar refractivity (Wildman–Crippen MR) is 205 cm³/mol. The second kappa shape index (κ2) is 9.94. The van der Waals surface area contributed by atoms with Gasteiger partial charge < -0.3 is 4.90 Å². The van der Waals surface area contributed by atoms with Crippen LogP contribution in [0, 0.1) is 20.8 Å². The number of benzene rings is 7. The summed E-state index contributed by atoms with van der Waals surface area (Å²) in [5.74, 6) is 0. The zero-order chi connectivity index (χ0) is 33.1. The molecule has 2 aliphatic carbocycles. The highest BCUT2D eigenvalue weighted by Gasteiger charge is 2.47. The first-order valence-corrected chi connectivity index (χ1v) is 17.3. The Labute approximate surface area is 284 Å². The summed E-state index contributed by atoms with van der Waals surface area (Å²) in [7, 11) is 0. The molecule has 0 heterocycles. The second-order valence-electron chi connectivity index (χ2n) is 15.2. The Bertz CT molecular complexity index is 2410. The third kappa shape index (κ3) is 3.85. The molecule has 0 unspecified atom stereocenters. The highest BCUT2D eigenvalue weighted by molar-refractivity contribution is 6.12. The van der Waals surface area contributed by atoms with Crippen LogP contribution in [0.4, 0.5) is 17.1 Å². The molecule has 1 nitrogen and oxygen atoms in total. The Morgan fingerprint density at radius 3 is 1.35 bits per heavy atom. The molecule has 7 aromatic rings. The molecule has 0 amide bonds. The van der Waals surface area contributed by atoms with E-state index >= 15 is 0 Å². The largest absolute Gasteiger partial charge is 0.310 e. The van der Waals surface area contributed by atoms with Gasteiger partial charge in [0.15, 0.2) is 0 Å². The van der Waals surface area contributed by atoms with E-state index in [4.69, 9.17) is 0 Å². The molecule has 0 radical (unpaired) electrons. The van der Waals surface area contributed by atoms with Crippen molar-refractivity contribution in [3.8, 4) is 22.3 Å². The number of aryl methyl sites for hydroxylation is 3. The molecule has 0 fully saturated rings. The molecular formula is C47H41N. The fraction of sp³-hybridized carbons (Fsp3) is 0.191. The quantitative estimate of drug-likeness (QED) is 0.190. The summed E-state index contributed by atoms with van der Waals surface area (Å²) >= 11 is 0. The fourth-order valence-corrected chi connectivity index (χ4v) is 9.07. The van der Waals surface area contributed by atoms with Crippen LogP contribution in [0.15, 0.2) is 121 Å². The minimum absolute atomic E-state index is 0.126. The van der Waals surface area contributed by atoms with Gasteiger partial charge in [-0.05, 0) is 117 Å². The third-order valence-electron chi connectivity index (χ3n) is 11.4. The Hall–Kier alpha value is -5.14. The van der Waals surface area contributed by atoms with Crippen LogP contribution < -0.4 is 4.90 Å². The van der Waals surface area contributed by atoms with Gasteiger partial charge in [-0.2, -0.15) is 0 Å². The molecule has 2 aliphatic rings. The van der Waals surface area contributed by atoms with E-state index in [1.54, 1.807) is 0 Å². The summed E-state index contributed by atoms with van der Waals surface area (Å²) in [4.78, 5) is 2.46. The Morgan fingerprint density at radius 2 is 0.854 bits per heavy atom. The van der Waals surface area contributed by atoms with E-state index in [0.29, 0.717) is 0 Å². The summed E-state index contributed by atoms with van der Waals surface area (Å²) in [5, 5.41) is 5.30. The SMILES string of the molecule is Cc1ccc(N(c2ccc(C)cc2)c2cc3c(c4ccccc24)-c2ccc4c(c2C3(C)C)C(C)(C)c2cc(C)c3ccccc3c2-4)cc1. The maximum Gasteiger partial charge on any atom is 0.0543 e. The molecule has 0 saturated heterocycles. The van der Waals surface area contributed by atoms with Crippen molar-refractivity contribution < 1.29 is 0 Å². The van der Waals surface area contributed by atoms with Crippen molar-refractivity contribution in [1.82, 2.24) is 0 Å². The van der Waals surface area contributed by atoms with Gasteiger partial charge in [-0.15, -0.1) is 0 Å². The molecule has 0 atom stereocenters. The molecule has 0 aliphatic heterocycles. The average Bonchev–Trinajstić information content (AvgIpc) is 3.45. The molecule has 0 saturated carbocycles. The summed E-state index contributed by atoms with van der Waals surface area (Å²) in [6.07, 6.45) is 0. The normalized spacial score (nSPS) is 14.9. The zero-order valence-electron chi connectivity index (χ0n) is 29.0. The summed E-state index contributed by atoms with van der Waals surface area (Å²) in [5.41, 5.74) is 18.5. The maximum atomic E-state index is 2.51. The van der Waals surface area contributed by atoms with Crippen molar-refractivity contribution in [2.24, 2.45) is 0 Å². The van der Waals surface area contributed by atoms with Crippen LogP contribution in [0.3, 0.4) is 0 Å². The second-order valence-corrected chi connectivity index (χ2v) is 15.2. The van der Waals surface area contributed by atoms with Crippen LogP contribution in [-0.4, -0.2) is 0 Å². The lowest BCUT2D eigenvalue weighted by atomic mass is 9.72. The van der Waals surface area contributed by atoms with Crippen LogP contribution in [0.25, 0.3) is 43.8 Å². The minimum atomic E-state index is -0.203. The number of anilines is 3. The smallest absolute Gasteiger partial charge is 0.0543 e. The van der Waals surface area contributed by atoms with Crippen LogP contribution in [0.5, 0.6) is 0 Å². The van der Waals surface area contributed by atoms with Gasteiger partial charge in [0.25, 0.3) is 0 Å². The topological polar surface area (TPSA) is 3.24 Å². The van der Waals surface area contributed by atoms with Gasteiger partial charge in [-0.25, -0.2) is 0 Å². The molecule has 0 bridgehead atoms. The van der Waals surface area contributed by atoms with Crippen molar-refractivity contribution in [1.29, 1.82) is 0 Å². The first-order valence-electron chi connectivity index (χ1n) is 17.3. The lowest BCUT2D eigenvalue weighted by Gasteiger charge is -2.32. The average molecular weight is 620 g/mol. The molecule has 234 valence electrons. The highest BCUT2D eigenvalue weighted by atomic mass is 15.1. The number of nitrogens with zero attached hydrogens (tertiary/aromatic N) is 1. The lowest BCUT2D eigenvalue weighted by molar-refractivity contribution is 0.601. The first kappa shape index (κ1) is 29.0. The lowest BCUT2D eigenvalue weighted by Crippen LogP contribution is -2.24. The van der Waals surface area contributed by atoms with Gasteiger partial charge in [0, 0.05) is 27.6 Å². The van der Waals surface area contributed by atoms with Gasteiger partial charge in [-0.3, -0.25) is 0 Å². The summed E-state index contributed by atoms with van der Waals surface area (Å²) < 4.78 is 0. The molecule has 48 heavy (non-hydrogen) atoms. The Kier molecular flexibility index (Phi) is 6.01. The van der Waals surface area contributed by atoms with E-state index in [9.17, 15) is 0 Å². The van der Waals surface area contributed by atoms with E-state index in [1.807, 2.05) is 0 Å². The Morgan fingerprint density at radius 1 is 0.438 bits per heavy atom. The number of hydrogen-bond donors (Lipinski definition) is 0. The molecule has 0 N–H and O–H groups in total. The van der Waals surface area contributed by atoms with Crippen LogP contribution in [0.2, 0.25) is 0 Å². The molecule has 9 rings (SSSR count). The molecular weight excluding hydrogens is 579 g/mol. The van der Waals surface area contributed by atoms with Crippen molar-refractivity contribution in [3.05, 3.63) is 160 Å². The van der Waals surface area contributed by atoms with Gasteiger partial charge in [0.1, 0.15) is 0 Å². The van der Waals surface area contributed by atoms with Crippen molar-refractivity contribution in [3.63, 3.8) is 0 Å². The Balaban J connectivity index is 1.34. The van der Waals surface area contributed by atoms with Crippen molar-refractivity contribution in [2.75, 3.05) is 4.90 Å². The number of fused-ring (bicyclic) bond motifs is 11. The highest BCUT2D eigenvalue weighted by Crippen LogP contribution is 2.62. The number of hydrogen-bond acceptors (Lipinski definition) is 1. The summed E-state index contributed by atoms with van der Waals surface area (Å²) in [6, 6.07) is 45.8. The van der Waals surface area contributed by atoms with E-state index < -0.39 is 0 Å². The fourth-order valence-electron chi connectivity index (χ4n) is 9.07. The standard InChI is InChI=1S/C47H41N/c1-28-16-20-31(21-17-28)48(32-22-18-29(2)19-23-32)41-27-40-43(36-15-11-9-13-34(36)41)38-25-24-37-42-35-14-10-8-12-33(35)30(3)26-39(42)46(4,5)44(37)45(38)47(40,6)7/h8-27H,1-7H3. The van der Waals surface area contributed by atoms with E-state index in [2.05, 4.69) is 175 Å².